The fraction of sp³-hybridized carbons (Fsp3) is 0.571. The molecule has 94 valence electrons. The van der Waals surface area contributed by atoms with Crippen molar-refractivity contribution in [2.45, 2.75) is 45.8 Å². The third-order valence-corrected chi connectivity index (χ3v) is 4.01. The molecule has 2 atom stereocenters. The maximum atomic E-state index is 10.3. The van der Waals surface area contributed by atoms with Crippen LogP contribution in [0.15, 0.2) is 18.2 Å². The van der Waals surface area contributed by atoms with Crippen LogP contribution in [0, 0.1) is 5.41 Å². The van der Waals surface area contributed by atoms with Crippen LogP contribution in [0.1, 0.15) is 32.8 Å². The summed E-state index contributed by atoms with van der Waals surface area (Å²) < 4.78 is 0. The molecule has 0 radical (unpaired) electrons. The highest BCUT2D eigenvalue weighted by Gasteiger charge is 2.36. The highest BCUT2D eigenvalue weighted by Crippen LogP contribution is 2.36. The molecular weight excluding hydrogens is 212 g/mol. The van der Waals surface area contributed by atoms with Gasteiger partial charge in [-0.15, -0.1) is 0 Å². The van der Waals surface area contributed by atoms with Crippen molar-refractivity contribution in [3.63, 3.8) is 0 Å². The van der Waals surface area contributed by atoms with Crippen molar-refractivity contribution in [2.75, 3.05) is 11.1 Å². The lowest BCUT2D eigenvalue weighted by Gasteiger charge is -2.41. The molecule has 2 rings (SSSR count). The number of benzene rings is 1. The van der Waals surface area contributed by atoms with Crippen molar-refractivity contribution < 1.29 is 5.11 Å². The van der Waals surface area contributed by atoms with Crippen molar-refractivity contribution in [1.29, 1.82) is 0 Å². The van der Waals surface area contributed by atoms with E-state index >= 15 is 0 Å². The third kappa shape index (κ3) is 2.25. The normalized spacial score (nSPS) is 24.0. The van der Waals surface area contributed by atoms with Gasteiger partial charge in [-0.1, -0.05) is 20.8 Å². The van der Waals surface area contributed by atoms with Crippen LogP contribution in [0.25, 0.3) is 0 Å². The molecule has 2 unspecified atom stereocenters. The van der Waals surface area contributed by atoms with E-state index in [-0.39, 0.29) is 17.6 Å². The fourth-order valence-electron chi connectivity index (χ4n) is 2.47. The molecule has 0 bridgehead atoms. The van der Waals surface area contributed by atoms with Gasteiger partial charge in [0, 0.05) is 17.8 Å². The second-order valence-electron chi connectivity index (χ2n) is 5.65. The van der Waals surface area contributed by atoms with Crippen molar-refractivity contribution in [2.24, 2.45) is 5.41 Å². The molecule has 0 amide bonds. The lowest BCUT2D eigenvalue weighted by atomic mass is 9.76. The van der Waals surface area contributed by atoms with Gasteiger partial charge in [0.15, 0.2) is 0 Å². The van der Waals surface area contributed by atoms with Crippen LogP contribution < -0.4 is 11.1 Å². The van der Waals surface area contributed by atoms with E-state index < -0.39 is 0 Å². The third-order valence-electron chi connectivity index (χ3n) is 4.01. The number of anilines is 2. The molecule has 17 heavy (non-hydrogen) atoms. The second kappa shape index (κ2) is 4.22. The molecule has 3 heteroatoms. The molecule has 1 aliphatic heterocycles. The van der Waals surface area contributed by atoms with Crippen molar-refractivity contribution in [1.82, 2.24) is 0 Å². The molecule has 0 spiro atoms. The predicted molar refractivity (Wildman–Crippen MR) is 72.0 cm³/mol. The van der Waals surface area contributed by atoms with Crippen LogP contribution in [0.3, 0.4) is 0 Å². The Morgan fingerprint density at radius 2 is 2.18 bits per heavy atom. The smallest absolute Gasteiger partial charge is 0.0787 e. The number of hydrogen-bond acceptors (Lipinski definition) is 3. The van der Waals surface area contributed by atoms with Crippen LogP contribution in [-0.4, -0.2) is 17.3 Å². The zero-order valence-corrected chi connectivity index (χ0v) is 10.8. The van der Waals surface area contributed by atoms with E-state index in [9.17, 15) is 5.11 Å². The second-order valence-corrected chi connectivity index (χ2v) is 5.65. The number of rotatable bonds is 2. The van der Waals surface area contributed by atoms with Crippen LogP contribution in [0.5, 0.6) is 0 Å². The summed E-state index contributed by atoms with van der Waals surface area (Å²) in [5.74, 6) is 0. The topological polar surface area (TPSA) is 58.3 Å². The number of nitrogens with one attached hydrogen (secondary N) is 1. The van der Waals surface area contributed by atoms with E-state index in [2.05, 4.69) is 26.1 Å². The minimum Gasteiger partial charge on any atom is -0.399 e. The lowest BCUT2D eigenvalue weighted by Crippen LogP contribution is -2.48. The Balaban J connectivity index is 2.30. The summed E-state index contributed by atoms with van der Waals surface area (Å²) in [6.45, 7) is 6.54. The molecule has 4 N–H and O–H groups in total. The van der Waals surface area contributed by atoms with E-state index in [0.29, 0.717) is 6.42 Å². The molecule has 0 fully saturated rings. The van der Waals surface area contributed by atoms with Crippen LogP contribution in [-0.2, 0) is 6.42 Å². The number of hydrogen-bond donors (Lipinski definition) is 3. The van der Waals surface area contributed by atoms with E-state index in [1.54, 1.807) is 0 Å². The Morgan fingerprint density at radius 1 is 1.47 bits per heavy atom. The van der Waals surface area contributed by atoms with Gasteiger partial charge in [0.25, 0.3) is 0 Å². The number of fused-ring (bicyclic) bond motifs is 1. The van der Waals surface area contributed by atoms with Crippen LogP contribution >= 0.6 is 0 Å². The van der Waals surface area contributed by atoms with Gasteiger partial charge in [0.2, 0.25) is 0 Å². The number of nitrogens with two attached hydrogens (primary N) is 1. The molecule has 0 saturated carbocycles. The Bertz CT molecular complexity index is 415. The first kappa shape index (κ1) is 12.2. The summed E-state index contributed by atoms with van der Waals surface area (Å²) in [4.78, 5) is 0. The first-order valence-corrected chi connectivity index (χ1v) is 6.27. The highest BCUT2D eigenvalue weighted by atomic mass is 16.3. The van der Waals surface area contributed by atoms with Gasteiger partial charge in [0.1, 0.15) is 0 Å². The molecule has 1 aromatic rings. The molecule has 3 nitrogen and oxygen atoms in total. The summed E-state index contributed by atoms with van der Waals surface area (Å²) in [5, 5.41) is 13.7. The number of aliphatic hydroxyl groups excluding tert-OH is 1. The van der Waals surface area contributed by atoms with Gasteiger partial charge in [-0.2, -0.15) is 0 Å². The summed E-state index contributed by atoms with van der Waals surface area (Å²) in [6.07, 6.45) is 1.37. The zero-order valence-electron chi connectivity index (χ0n) is 10.8. The Morgan fingerprint density at radius 3 is 2.82 bits per heavy atom. The van der Waals surface area contributed by atoms with Gasteiger partial charge in [0.05, 0.1) is 12.1 Å². The van der Waals surface area contributed by atoms with E-state index in [1.807, 2.05) is 18.2 Å². The van der Waals surface area contributed by atoms with Gasteiger partial charge in [-0.05, 0) is 35.6 Å². The summed E-state index contributed by atoms with van der Waals surface area (Å²) >= 11 is 0. The molecule has 1 heterocycles. The number of aliphatic hydroxyl groups is 1. The van der Waals surface area contributed by atoms with E-state index in [0.717, 1.165) is 23.4 Å². The Hall–Kier alpha value is -1.22. The summed E-state index contributed by atoms with van der Waals surface area (Å²) in [5.41, 5.74) is 8.82. The largest absolute Gasteiger partial charge is 0.399 e. The van der Waals surface area contributed by atoms with E-state index in [4.69, 9.17) is 5.73 Å². The molecule has 1 aromatic carbocycles. The Kier molecular flexibility index (Phi) is 3.04. The average molecular weight is 234 g/mol. The minimum absolute atomic E-state index is 0.0818. The average Bonchev–Trinajstić information content (AvgIpc) is 2.27. The fourth-order valence-corrected chi connectivity index (χ4v) is 2.47. The first-order valence-electron chi connectivity index (χ1n) is 6.27. The van der Waals surface area contributed by atoms with Crippen molar-refractivity contribution in [3.05, 3.63) is 23.8 Å². The van der Waals surface area contributed by atoms with E-state index in [1.165, 1.54) is 0 Å². The van der Waals surface area contributed by atoms with Crippen molar-refractivity contribution >= 4 is 11.4 Å². The lowest BCUT2D eigenvalue weighted by molar-refractivity contribution is 0.0888. The molecule has 0 aromatic heterocycles. The standard InChI is InChI=1S/C14H22N2O/c1-4-14(2,3)13-12(17)8-9-7-10(15)5-6-11(9)16-13/h5-7,12-13,16-17H,4,8,15H2,1-3H3. The molecule has 0 aliphatic carbocycles. The summed E-state index contributed by atoms with van der Waals surface area (Å²) in [6, 6.07) is 5.96. The first-order chi connectivity index (χ1) is 7.94. The monoisotopic (exact) mass is 234 g/mol. The Labute approximate surface area is 103 Å². The van der Waals surface area contributed by atoms with Gasteiger partial charge in [-0.3, -0.25) is 0 Å². The number of nitrogen functional groups attached to an aromatic ring is 1. The molecular formula is C14H22N2O. The highest BCUT2D eigenvalue weighted by molar-refractivity contribution is 5.60. The maximum absolute atomic E-state index is 10.3. The molecule has 0 saturated heterocycles. The van der Waals surface area contributed by atoms with Gasteiger partial charge >= 0.3 is 0 Å². The zero-order chi connectivity index (χ0) is 12.6. The quantitative estimate of drug-likeness (QED) is 0.689. The van der Waals surface area contributed by atoms with Gasteiger partial charge < -0.3 is 16.2 Å². The van der Waals surface area contributed by atoms with Crippen LogP contribution in [0.4, 0.5) is 11.4 Å². The minimum atomic E-state index is -0.348. The van der Waals surface area contributed by atoms with Crippen LogP contribution in [0.2, 0.25) is 0 Å². The molecule has 1 aliphatic rings. The van der Waals surface area contributed by atoms with Crippen molar-refractivity contribution in [3.8, 4) is 0 Å². The SMILES string of the molecule is CCC(C)(C)C1Nc2ccc(N)cc2CC1O. The maximum Gasteiger partial charge on any atom is 0.0787 e. The van der Waals surface area contributed by atoms with Gasteiger partial charge in [-0.25, -0.2) is 0 Å². The summed E-state index contributed by atoms with van der Waals surface area (Å²) in [7, 11) is 0. The predicted octanol–water partition coefficient (Wildman–Crippen LogP) is 2.40.